The maximum atomic E-state index is 12.7. The molecule has 0 spiro atoms. The highest BCUT2D eigenvalue weighted by Crippen LogP contribution is 2.30. The Morgan fingerprint density at radius 1 is 1.10 bits per heavy atom. The van der Waals surface area contributed by atoms with Gasteiger partial charge < -0.3 is 10.1 Å². The Balaban J connectivity index is 2.05. The van der Waals surface area contributed by atoms with E-state index in [1.165, 1.54) is 0 Å². The molecular weight excluding hydrogens is 412 g/mol. The van der Waals surface area contributed by atoms with Crippen molar-refractivity contribution in [3.63, 3.8) is 0 Å². The van der Waals surface area contributed by atoms with E-state index >= 15 is 0 Å². The zero-order valence-corrected chi connectivity index (χ0v) is 20.3. The second-order valence-electron chi connectivity index (χ2n) is 8.89. The van der Waals surface area contributed by atoms with E-state index < -0.39 is 16.1 Å². The van der Waals surface area contributed by atoms with Crippen LogP contribution in [0, 0.1) is 13.8 Å². The predicted octanol–water partition coefficient (Wildman–Crippen LogP) is 3.95. The first kappa shape index (κ1) is 24.7. The van der Waals surface area contributed by atoms with Crippen LogP contribution in [0.15, 0.2) is 42.5 Å². The summed E-state index contributed by atoms with van der Waals surface area (Å²) < 4.78 is 31.9. The van der Waals surface area contributed by atoms with Crippen LogP contribution in [0.3, 0.4) is 0 Å². The van der Waals surface area contributed by atoms with E-state index in [1.807, 2.05) is 44.2 Å². The topological polar surface area (TPSA) is 75.7 Å². The van der Waals surface area contributed by atoms with E-state index in [0.29, 0.717) is 5.69 Å². The number of para-hydroxylation sites is 1. The van der Waals surface area contributed by atoms with Crippen LogP contribution in [0.1, 0.15) is 44.4 Å². The van der Waals surface area contributed by atoms with Crippen LogP contribution >= 0.6 is 0 Å². The zero-order chi connectivity index (χ0) is 23.4. The fourth-order valence-electron chi connectivity index (χ4n) is 3.37. The Hall–Kier alpha value is -2.54. The van der Waals surface area contributed by atoms with Crippen molar-refractivity contribution in [1.29, 1.82) is 0 Å². The molecule has 0 heterocycles. The molecule has 0 aliphatic heterocycles. The summed E-state index contributed by atoms with van der Waals surface area (Å²) in [7, 11) is -3.65. The van der Waals surface area contributed by atoms with Crippen molar-refractivity contribution in [3.8, 4) is 5.75 Å². The number of carbonyl (C=O) groups excluding carboxylic acids is 1. The first-order chi connectivity index (χ1) is 14.3. The number of anilines is 1. The number of hydrogen-bond acceptors (Lipinski definition) is 4. The van der Waals surface area contributed by atoms with Gasteiger partial charge in [0.15, 0.2) is 0 Å². The minimum absolute atomic E-state index is 0.0590. The Morgan fingerprint density at radius 3 is 2.32 bits per heavy atom. The van der Waals surface area contributed by atoms with Gasteiger partial charge in [0.25, 0.3) is 0 Å². The second kappa shape index (κ2) is 9.73. The van der Waals surface area contributed by atoms with Gasteiger partial charge in [0.1, 0.15) is 18.4 Å². The number of carbonyl (C=O) groups is 1. The third-order valence-electron chi connectivity index (χ3n) is 5.19. The molecule has 2 aromatic rings. The molecule has 0 bridgehead atoms. The zero-order valence-electron chi connectivity index (χ0n) is 19.5. The monoisotopic (exact) mass is 446 g/mol. The molecule has 170 valence electrons. The molecule has 0 radical (unpaired) electrons. The number of nitrogens with zero attached hydrogens (tertiary/aromatic N) is 1. The van der Waals surface area contributed by atoms with Crippen LogP contribution in [0.2, 0.25) is 0 Å². The van der Waals surface area contributed by atoms with Gasteiger partial charge in [-0.2, -0.15) is 0 Å². The van der Waals surface area contributed by atoms with Crippen LogP contribution in [-0.4, -0.2) is 39.8 Å². The highest BCUT2D eigenvalue weighted by atomic mass is 32.2. The number of sulfonamides is 1. The predicted molar refractivity (Wildman–Crippen MR) is 126 cm³/mol. The molecule has 0 fully saturated rings. The largest absolute Gasteiger partial charge is 0.491 e. The van der Waals surface area contributed by atoms with Crippen molar-refractivity contribution in [2.75, 3.05) is 23.7 Å². The number of rotatable bonds is 8. The van der Waals surface area contributed by atoms with E-state index in [4.69, 9.17) is 4.74 Å². The summed E-state index contributed by atoms with van der Waals surface area (Å²) in [4.78, 5) is 12.7. The number of benzene rings is 2. The summed E-state index contributed by atoms with van der Waals surface area (Å²) in [5.41, 5.74) is 3.53. The van der Waals surface area contributed by atoms with Crippen molar-refractivity contribution in [3.05, 3.63) is 59.2 Å². The highest BCUT2D eigenvalue weighted by molar-refractivity contribution is 7.92. The molecule has 1 atom stereocenters. The summed E-state index contributed by atoms with van der Waals surface area (Å²) in [6.07, 6.45) is 1.11. The number of amides is 1. The van der Waals surface area contributed by atoms with Crippen LogP contribution in [0.4, 0.5) is 5.69 Å². The SMILES string of the molecule is Cc1ccc(N([C@@H](C)C(=O)NCCOc2ccccc2C(C)(C)C)S(C)(=O)=O)cc1C. The van der Waals surface area contributed by atoms with Gasteiger partial charge in [0, 0.05) is 0 Å². The summed E-state index contributed by atoms with van der Waals surface area (Å²) in [5.74, 6) is 0.404. The number of aryl methyl sites for hydroxylation is 2. The summed E-state index contributed by atoms with van der Waals surface area (Å²) >= 11 is 0. The summed E-state index contributed by atoms with van der Waals surface area (Å²) in [6, 6.07) is 12.3. The normalized spacial score (nSPS) is 12.9. The highest BCUT2D eigenvalue weighted by Gasteiger charge is 2.29. The molecule has 31 heavy (non-hydrogen) atoms. The molecule has 1 amide bonds. The van der Waals surface area contributed by atoms with Crippen molar-refractivity contribution < 1.29 is 17.9 Å². The molecular formula is C24H34N2O4S. The first-order valence-corrected chi connectivity index (χ1v) is 12.2. The average Bonchev–Trinajstić information content (AvgIpc) is 2.66. The second-order valence-corrected chi connectivity index (χ2v) is 10.7. The quantitative estimate of drug-likeness (QED) is 0.623. The van der Waals surface area contributed by atoms with Crippen LogP contribution < -0.4 is 14.4 Å². The molecule has 7 heteroatoms. The molecule has 6 nitrogen and oxygen atoms in total. The van der Waals surface area contributed by atoms with E-state index in [0.717, 1.165) is 33.0 Å². The van der Waals surface area contributed by atoms with E-state index in [9.17, 15) is 13.2 Å². The molecule has 0 aliphatic carbocycles. The van der Waals surface area contributed by atoms with Crippen molar-refractivity contribution in [2.45, 2.75) is 53.0 Å². The third-order valence-corrected chi connectivity index (χ3v) is 6.43. The van der Waals surface area contributed by atoms with Gasteiger partial charge in [-0.05, 0) is 61.1 Å². The van der Waals surface area contributed by atoms with Crippen LogP contribution in [0.5, 0.6) is 5.75 Å². The summed E-state index contributed by atoms with van der Waals surface area (Å²) in [6.45, 7) is 12.4. The fraction of sp³-hybridized carbons (Fsp3) is 0.458. The Kier molecular flexibility index (Phi) is 7.76. The standard InChI is InChI=1S/C24H34N2O4S/c1-17-12-13-20(16-18(17)2)26(31(7,28)29)19(3)23(27)25-14-15-30-22-11-9-8-10-21(22)24(4,5)6/h8-13,16,19H,14-15H2,1-7H3,(H,25,27)/t19-/m0/s1. The van der Waals surface area contributed by atoms with Gasteiger partial charge in [0.2, 0.25) is 15.9 Å². The Labute approximate surface area is 186 Å². The molecule has 0 saturated carbocycles. The lowest BCUT2D eigenvalue weighted by Gasteiger charge is -2.28. The van der Waals surface area contributed by atoms with Gasteiger partial charge in [-0.15, -0.1) is 0 Å². The van der Waals surface area contributed by atoms with E-state index in [2.05, 4.69) is 26.1 Å². The average molecular weight is 447 g/mol. The fourth-order valence-corrected chi connectivity index (χ4v) is 4.53. The molecule has 0 aliphatic rings. The Bertz CT molecular complexity index is 1030. The smallest absolute Gasteiger partial charge is 0.243 e. The van der Waals surface area contributed by atoms with Crippen molar-refractivity contribution in [1.82, 2.24) is 5.32 Å². The number of ether oxygens (including phenoxy) is 1. The van der Waals surface area contributed by atoms with Crippen molar-refractivity contribution in [2.24, 2.45) is 0 Å². The third kappa shape index (κ3) is 6.47. The molecule has 1 N–H and O–H groups in total. The van der Waals surface area contributed by atoms with Crippen molar-refractivity contribution >= 4 is 21.6 Å². The first-order valence-electron chi connectivity index (χ1n) is 10.4. The lowest BCUT2D eigenvalue weighted by molar-refractivity contribution is -0.121. The number of hydrogen-bond donors (Lipinski definition) is 1. The van der Waals surface area contributed by atoms with E-state index in [1.54, 1.807) is 19.1 Å². The maximum Gasteiger partial charge on any atom is 0.243 e. The Morgan fingerprint density at radius 2 is 1.74 bits per heavy atom. The van der Waals surface area contributed by atoms with E-state index in [-0.39, 0.29) is 24.5 Å². The van der Waals surface area contributed by atoms with Gasteiger partial charge in [-0.25, -0.2) is 8.42 Å². The molecule has 2 aromatic carbocycles. The molecule has 0 unspecified atom stereocenters. The lowest BCUT2D eigenvalue weighted by atomic mass is 9.86. The molecule has 0 aromatic heterocycles. The van der Waals surface area contributed by atoms with Crippen LogP contribution in [-0.2, 0) is 20.2 Å². The van der Waals surface area contributed by atoms with Gasteiger partial charge in [0.05, 0.1) is 18.5 Å². The van der Waals surface area contributed by atoms with Gasteiger partial charge >= 0.3 is 0 Å². The summed E-state index contributed by atoms with van der Waals surface area (Å²) in [5, 5.41) is 2.79. The minimum Gasteiger partial charge on any atom is -0.491 e. The van der Waals surface area contributed by atoms with Gasteiger partial charge in [-0.1, -0.05) is 45.0 Å². The lowest BCUT2D eigenvalue weighted by Crippen LogP contribution is -2.48. The number of nitrogens with one attached hydrogen (secondary N) is 1. The van der Waals surface area contributed by atoms with Crippen LogP contribution in [0.25, 0.3) is 0 Å². The van der Waals surface area contributed by atoms with Gasteiger partial charge in [-0.3, -0.25) is 9.10 Å². The minimum atomic E-state index is -3.65. The molecule has 2 rings (SSSR count). The molecule has 0 saturated heterocycles. The maximum absolute atomic E-state index is 12.7.